The molecule has 1 atom stereocenters. The Morgan fingerprint density at radius 2 is 1.86 bits per heavy atom. The number of aromatic hydroxyl groups is 1. The van der Waals surface area contributed by atoms with Crippen LogP contribution in [0.5, 0.6) is 11.5 Å². The lowest BCUT2D eigenvalue weighted by molar-refractivity contribution is -0.123. The first-order valence-electron chi connectivity index (χ1n) is 9.00. The number of rotatable bonds is 7. The second-order valence-electron chi connectivity index (χ2n) is 6.85. The first-order chi connectivity index (χ1) is 13.7. The molecule has 0 spiro atoms. The van der Waals surface area contributed by atoms with E-state index in [1.165, 1.54) is 13.3 Å². The molecular weight excluding hydrogens is 485 g/mol. The van der Waals surface area contributed by atoms with Crippen LogP contribution in [-0.4, -0.2) is 36.3 Å². The molecule has 8 heteroatoms. The van der Waals surface area contributed by atoms with Crippen LogP contribution in [0.4, 0.5) is 0 Å². The molecule has 0 saturated carbocycles. The van der Waals surface area contributed by atoms with Crippen LogP contribution in [0.3, 0.4) is 0 Å². The average molecular weight is 509 g/mol. The van der Waals surface area contributed by atoms with Gasteiger partial charge in [-0.2, -0.15) is 5.10 Å². The van der Waals surface area contributed by atoms with Crippen LogP contribution in [0.1, 0.15) is 35.3 Å². The van der Waals surface area contributed by atoms with Crippen molar-refractivity contribution in [2.45, 2.75) is 26.8 Å². The molecule has 7 nitrogen and oxygen atoms in total. The van der Waals surface area contributed by atoms with Gasteiger partial charge in [0.1, 0.15) is 6.04 Å². The van der Waals surface area contributed by atoms with E-state index in [0.717, 1.165) is 5.56 Å². The van der Waals surface area contributed by atoms with Crippen LogP contribution in [-0.2, 0) is 4.79 Å². The Labute approximate surface area is 183 Å². The van der Waals surface area contributed by atoms with Crippen molar-refractivity contribution in [1.82, 2.24) is 10.7 Å². The number of hydrogen-bond acceptors (Lipinski definition) is 5. The van der Waals surface area contributed by atoms with Crippen molar-refractivity contribution in [2.24, 2.45) is 11.0 Å². The lowest BCUT2D eigenvalue weighted by atomic mass is 10.0. The zero-order valence-corrected chi connectivity index (χ0v) is 18.9. The number of amides is 2. The third-order valence-corrected chi connectivity index (χ3v) is 5.03. The highest BCUT2D eigenvalue weighted by Gasteiger charge is 2.24. The fraction of sp³-hybridized carbons (Fsp3) is 0.286. The number of benzene rings is 2. The minimum absolute atomic E-state index is 0.0491. The molecule has 0 aromatic heterocycles. The number of phenols is 1. The maximum absolute atomic E-state index is 12.5. The van der Waals surface area contributed by atoms with Crippen molar-refractivity contribution in [3.63, 3.8) is 0 Å². The van der Waals surface area contributed by atoms with E-state index >= 15 is 0 Å². The number of ether oxygens (including phenoxy) is 1. The van der Waals surface area contributed by atoms with Crippen LogP contribution >= 0.6 is 22.6 Å². The largest absolute Gasteiger partial charge is 0.504 e. The van der Waals surface area contributed by atoms with E-state index < -0.39 is 11.9 Å². The zero-order valence-electron chi connectivity index (χ0n) is 16.7. The normalized spacial score (nSPS) is 12.1. The Morgan fingerprint density at radius 3 is 2.45 bits per heavy atom. The van der Waals surface area contributed by atoms with Gasteiger partial charge < -0.3 is 15.2 Å². The summed E-state index contributed by atoms with van der Waals surface area (Å²) in [6.45, 7) is 5.63. The van der Waals surface area contributed by atoms with Gasteiger partial charge in [0.05, 0.1) is 16.9 Å². The Kier molecular flexibility index (Phi) is 8.00. The molecule has 0 fully saturated rings. The number of hydrogen-bond donors (Lipinski definition) is 3. The number of aryl methyl sites for hydroxylation is 1. The van der Waals surface area contributed by atoms with E-state index in [9.17, 15) is 14.7 Å². The van der Waals surface area contributed by atoms with Gasteiger partial charge in [-0.05, 0) is 65.3 Å². The number of halogens is 1. The zero-order chi connectivity index (χ0) is 21.6. The summed E-state index contributed by atoms with van der Waals surface area (Å²) in [6, 6.07) is 9.69. The average Bonchev–Trinajstić information content (AvgIpc) is 2.68. The summed E-state index contributed by atoms with van der Waals surface area (Å²) < 4.78 is 5.70. The smallest absolute Gasteiger partial charge is 0.262 e. The third kappa shape index (κ3) is 6.18. The van der Waals surface area contributed by atoms with E-state index in [1.54, 1.807) is 24.3 Å². The molecule has 0 aliphatic rings. The van der Waals surface area contributed by atoms with E-state index in [4.69, 9.17) is 4.74 Å². The van der Waals surface area contributed by atoms with Crippen molar-refractivity contribution < 1.29 is 19.4 Å². The van der Waals surface area contributed by atoms with E-state index in [2.05, 4.69) is 15.8 Å². The molecule has 2 amide bonds. The number of phenolic OH excluding ortho intramolecular Hbond substituents is 1. The van der Waals surface area contributed by atoms with E-state index in [0.29, 0.717) is 20.4 Å². The summed E-state index contributed by atoms with van der Waals surface area (Å²) in [5, 5.41) is 16.6. The fourth-order valence-electron chi connectivity index (χ4n) is 2.53. The molecule has 29 heavy (non-hydrogen) atoms. The van der Waals surface area contributed by atoms with Crippen molar-refractivity contribution in [2.75, 3.05) is 7.11 Å². The molecule has 2 rings (SSSR count). The van der Waals surface area contributed by atoms with Crippen LogP contribution in [0.15, 0.2) is 41.5 Å². The van der Waals surface area contributed by atoms with Gasteiger partial charge in [0.25, 0.3) is 11.8 Å². The molecule has 3 N–H and O–H groups in total. The van der Waals surface area contributed by atoms with Gasteiger partial charge >= 0.3 is 0 Å². The molecule has 0 bridgehead atoms. The predicted molar refractivity (Wildman–Crippen MR) is 120 cm³/mol. The van der Waals surface area contributed by atoms with Crippen molar-refractivity contribution in [1.29, 1.82) is 0 Å². The maximum atomic E-state index is 12.5. The minimum atomic E-state index is -0.740. The number of hydrazone groups is 1. The van der Waals surface area contributed by atoms with Gasteiger partial charge in [0.15, 0.2) is 11.5 Å². The molecule has 154 valence electrons. The second kappa shape index (κ2) is 10.2. The standard InChI is InChI=1S/C21H24IN3O4/c1-12(2)18(24-20(27)15-7-5-13(3)6-8-15)21(28)25-23-11-14-9-16(22)19(26)17(10-14)29-4/h5-12,18,26H,1-4H3,(H,24,27)(H,25,28)/b23-11+. The second-order valence-corrected chi connectivity index (χ2v) is 8.01. The molecule has 0 heterocycles. The number of carbonyl (C=O) groups is 2. The molecule has 0 aliphatic heterocycles. The highest BCUT2D eigenvalue weighted by molar-refractivity contribution is 14.1. The van der Waals surface area contributed by atoms with Gasteiger partial charge in [-0.25, -0.2) is 5.43 Å². The maximum Gasteiger partial charge on any atom is 0.262 e. The lowest BCUT2D eigenvalue weighted by Crippen LogP contribution is -2.48. The lowest BCUT2D eigenvalue weighted by Gasteiger charge is -2.20. The topological polar surface area (TPSA) is 100 Å². The molecule has 0 radical (unpaired) electrons. The quantitative estimate of drug-likeness (QED) is 0.303. The molecule has 0 aliphatic carbocycles. The first-order valence-corrected chi connectivity index (χ1v) is 10.1. The van der Waals surface area contributed by atoms with E-state index in [-0.39, 0.29) is 17.6 Å². The predicted octanol–water partition coefficient (Wildman–Crippen LogP) is 3.22. The van der Waals surface area contributed by atoms with Gasteiger partial charge in [-0.3, -0.25) is 9.59 Å². The fourth-order valence-corrected chi connectivity index (χ4v) is 3.15. The van der Waals surface area contributed by atoms with Crippen LogP contribution < -0.4 is 15.5 Å². The summed E-state index contributed by atoms with van der Waals surface area (Å²) in [7, 11) is 1.46. The Bertz CT molecular complexity index is 911. The summed E-state index contributed by atoms with van der Waals surface area (Å²) >= 11 is 1.98. The molecule has 1 unspecified atom stereocenters. The monoisotopic (exact) mass is 509 g/mol. The Hall–Kier alpha value is -2.62. The minimum Gasteiger partial charge on any atom is -0.504 e. The number of nitrogens with zero attached hydrogens (tertiary/aromatic N) is 1. The number of carbonyl (C=O) groups excluding carboxylic acids is 2. The highest BCUT2D eigenvalue weighted by atomic mass is 127. The van der Waals surface area contributed by atoms with Crippen molar-refractivity contribution in [3.05, 3.63) is 56.7 Å². The summed E-state index contributed by atoms with van der Waals surface area (Å²) in [6.07, 6.45) is 1.45. The van der Waals surface area contributed by atoms with Crippen molar-refractivity contribution in [3.8, 4) is 11.5 Å². The molecule has 0 saturated heterocycles. The summed E-state index contributed by atoms with van der Waals surface area (Å²) in [5.74, 6) is -0.504. The highest BCUT2D eigenvalue weighted by Crippen LogP contribution is 2.31. The van der Waals surface area contributed by atoms with Crippen LogP contribution in [0.25, 0.3) is 0 Å². The SMILES string of the molecule is COc1cc(/C=N/NC(=O)C(NC(=O)c2ccc(C)cc2)C(C)C)cc(I)c1O. The Balaban J connectivity index is 2.06. The number of nitrogens with one attached hydrogen (secondary N) is 2. The number of methoxy groups -OCH3 is 1. The first kappa shape index (κ1) is 22.7. The van der Waals surface area contributed by atoms with Gasteiger partial charge in [0, 0.05) is 5.56 Å². The van der Waals surface area contributed by atoms with Gasteiger partial charge in [-0.1, -0.05) is 31.5 Å². The molecule has 2 aromatic rings. The molecule has 2 aromatic carbocycles. The summed E-state index contributed by atoms with van der Waals surface area (Å²) in [4.78, 5) is 25.0. The van der Waals surface area contributed by atoms with Gasteiger partial charge in [0.2, 0.25) is 0 Å². The Morgan fingerprint density at radius 1 is 1.21 bits per heavy atom. The summed E-state index contributed by atoms with van der Waals surface area (Å²) in [5.41, 5.74) is 4.65. The van der Waals surface area contributed by atoms with Crippen LogP contribution in [0, 0.1) is 16.4 Å². The third-order valence-electron chi connectivity index (χ3n) is 4.21. The molecular formula is C21H24IN3O4. The van der Waals surface area contributed by atoms with E-state index in [1.807, 2.05) is 55.5 Å². The van der Waals surface area contributed by atoms with Crippen molar-refractivity contribution >= 4 is 40.6 Å². The van der Waals surface area contributed by atoms with Gasteiger partial charge in [-0.15, -0.1) is 0 Å². The van der Waals surface area contributed by atoms with Crippen LogP contribution in [0.2, 0.25) is 0 Å².